The summed E-state index contributed by atoms with van der Waals surface area (Å²) in [5.41, 5.74) is 0. The van der Waals surface area contributed by atoms with E-state index in [1.165, 1.54) is 0 Å². The molecule has 0 aliphatic rings. The topological polar surface area (TPSA) is 73.3 Å². The van der Waals surface area contributed by atoms with Crippen molar-refractivity contribution in [1.82, 2.24) is 10.6 Å². The first kappa shape index (κ1) is 21.1. The molecule has 0 atom stereocenters. The molecule has 7 heteroatoms. The molecule has 0 bridgehead atoms. The molecule has 1 aromatic carbocycles. The largest absolute Gasteiger partial charge is 0.497 e. The molecule has 0 radical (unpaired) electrons. The fourth-order valence-electron chi connectivity index (χ4n) is 2.01. The minimum absolute atomic E-state index is 0.629. The van der Waals surface area contributed by atoms with Crippen molar-refractivity contribution < 1.29 is 18.9 Å². The molecule has 0 unspecified atom stereocenters. The van der Waals surface area contributed by atoms with Gasteiger partial charge in [0, 0.05) is 39.9 Å². The molecule has 0 aliphatic heterocycles. The van der Waals surface area contributed by atoms with E-state index in [0.717, 1.165) is 43.4 Å². The van der Waals surface area contributed by atoms with E-state index in [-0.39, 0.29) is 0 Å². The Balaban J connectivity index is 2.05. The van der Waals surface area contributed by atoms with E-state index >= 15 is 0 Å². The Morgan fingerprint density at radius 2 is 1.68 bits per heavy atom. The van der Waals surface area contributed by atoms with Gasteiger partial charge in [0.25, 0.3) is 0 Å². The number of hydrogen-bond donors (Lipinski definition) is 2. The van der Waals surface area contributed by atoms with Crippen LogP contribution >= 0.6 is 0 Å². The third-order valence-electron chi connectivity index (χ3n) is 3.34. The van der Waals surface area contributed by atoms with E-state index < -0.39 is 0 Å². The number of aliphatic imine (C=N–C) groups is 1. The van der Waals surface area contributed by atoms with E-state index in [0.29, 0.717) is 26.4 Å². The number of hydrogen-bond acceptors (Lipinski definition) is 5. The van der Waals surface area contributed by atoms with Crippen LogP contribution in [0.2, 0.25) is 0 Å². The Bertz CT molecular complexity index is 483. The van der Waals surface area contributed by atoms with Crippen LogP contribution in [0.4, 0.5) is 0 Å². The van der Waals surface area contributed by atoms with Crippen LogP contribution in [-0.2, 0) is 9.47 Å². The molecule has 0 fully saturated rings. The average molecular weight is 353 g/mol. The van der Waals surface area contributed by atoms with Crippen LogP contribution in [-0.4, -0.2) is 66.7 Å². The maximum absolute atomic E-state index is 5.70. The SMILES string of the molecule is CN=C(NCCCOCCOC)NCCCOc1cccc(OC)c1. The lowest BCUT2D eigenvalue weighted by atomic mass is 10.3. The standard InChI is InChI=1S/C18H31N3O4/c1-19-18(20-9-5-11-24-14-13-22-2)21-10-6-12-25-17-8-4-7-16(15-17)23-3/h4,7-8,15H,5-6,9-14H2,1-3H3,(H2,19,20,21). The quantitative estimate of drug-likeness (QED) is 0.319. The summed E-state index contributed by atoms with van der Waals surface area (Å²) in [4.78, 5) is 4.19. The minimum Gasteiger partial charge on any atom is -0.497 e. The van der Waals surface area contributed by atoms with Crippen LogP contribution in [0.5, 0.6) is 11.5 Å². The molecule has 0 aliphatic carbocycles. The molecular weight excluding hydrogens is 322 g/mol. The van der Waals surface area contributed by atoms with Gasteiger partial charge in [0.2, 0.25) is 0 Å². The lowest BCUT2D eigenvalue weighted by Crippen LogP contribution is -2.38. The first-order valence-electron chi connectivity index (χ1n) is 8.58. The zero-order valence-corrected chi connectivity index (χ0v) is 15.5. The summed E-state index contributed by atoms with van der Waals surface area (Å²) in [6.07, 6.45) is 1.79. The van der Waals surface area contributed by atoms with Crippen molar-refractivity contribution in [3.63, 3.8) is 0 Å². The lowest BCUT2D eigenvalue weighted by Gasteiger charge is -2.12. The van der Waals surface area contributed by atoms with Crippen LogP contribution in [0.15, 0.2) is 29.3 Å². The Morgan fingerprint density at radius 3 is 2.36 bits per heavy atom. The first-order valence-corrected chi connectivity index (χ1v) is 8.58. The van der Waals surface area contributed by atoms with Gasteiger partial charge in [-0.15, -0.1) is 0 Å². The fraction of sp³-hybridized carbons (Fsp3) is 0.611. The molecule has 0 aromatic heterocycles. The first-order chi connectivity index (χ1) is 12.3. The number of benzene rings is 1. The summed E-state index contributed by atoms with van der Waals surface area (Å²) in [5, 5.41) is 6.52. The predicted molar refractivity (Wildman–Crippen MR) is 99.8 cm³/mol. The van der Waals surface area contributed by atoms with Crippen molar-refractivity contribution >= 4 is 5.96 Å². The molecule has 142 valence electrons. The van der Waals surface area contributed by atoms with E-state index in [4.69, 9.17) is 18.9 Å². The summed E-state index contributed by atoms with van der Waals surface area (Å²) >= 11 is 0. The normalized spacial score (nSPS) is 11.2. The van der Waals surface area contributed by atoms with Crippen LogP contribution in [0.3, 0.4) is 0 Å². The lowest BCUT2D eigenvalue weighted by molar-refractivity contribution is 0.0698. The summed E-state index contributed by atoms with van der Waals surface area (Å²) in [6.45, 7) is 4.21. The zero-order valence-electron chi connectivity index (χ0n) is 15.5. The summed E-state index contributed by atoms with van der Waals surface area (Å²) in [7, 11) is 5.08. The highest BCUT2D eigenvalue weighted by Gasteiger charge is 1.99. The maximum atomic E-state index is 5.70. The van der Waals surface area contributed by atoms with Crippen molar-refractivity contribution in [3.05, 3.63) is 24.3 Å². The van der Waals surface area contributed by atoms with Gasteiger partial charge in [-0.25, -0.2) is 0 Å². The molecule has 0 saturated heterocycles. The van der Waals surface area contributed by atoms with Gasteiger partial charge in [0.1, 0.15) is 11.5 Å². The average Bonchev–Trinajstić information content (AvgIpc) is 2.65. The van der Waals surface area contributed by atoms with Crippen molar-refractivity contribution in [1.29, 1.82) is 0 Å². The van der Waals surface area contributed by atoms with Gasteiger partial charge < -0.3 is 29.6 Å². The van der Waals surface area contributed by atoms with E-state index in [2.05, 4.69) is 15.6 Å². The summed E-state index contributed by atoms with van der Waals surface area (Å²) < 4.78 is 21.2. The minimum atomic E-state index is 0.629. The maximum Gasteiger partial charge on any atom is 0.190 e. The number of rotatable bonds is 13. The molecule has 1 rings (SSSR count). The Hall–Kier alpha value is -1.99. The van der Waals surface area contributed by atoms with E-state index in [1.54, 1.807) is 21.3 Å². The van der Waals surface area contributed by atoms with Crippen molar-refractivity contribution in [3.8, 4) is 11.5 Å². The van der Waals surface area contributed by atoms with Gasteiger partial charge in [0.15, 0.2) is 5.96 Å². The van der Waals surface area contributed by atoms with Gasteiger partial charge >= 0.3 is 0 Å². The number of nitrogens with zero attached hydrogens (tertiary/aromatic N) is 1. The van der Waals surface area contributed by atoms with Gasteiger partial charge in [0.05, 0.1) is 26.9 Å². The Labute approximate surface area is 150 Å². The molecule has 2 N–H and O–H groups in total. The smallest absolute Gasteiger partial charge is 0.190 e. The van der Waals surface area contributed by atoms with Crippen molar-refractivity contribution in [2.75, 3.05) is 60.8 Å². The molecule has 0 spiro atoms. The second kappa shape index (κ2) is 14.4. The molecule has 0 saturated carbocycles. The second-order valence-corrected chi connectivity index (χ2v) is 5.27. The second-order valence-electron chi connectivity index (χ2n) is 5.27. The van der Waals surface area contributed by atoms with Gasteiger partial charge in [-0.05, 0) is 25.0 Å². The molecule has 1 aromatic rings. The van der Waals surface area contributed by atoms with Crippen molar-refractivity contribution in [2.24, 2.45) is 4.99 Å². The molecule has 7 nitrogen and oxygen atoms in total. The van der Waals surface area contributed by atoms with Crippen LogP contribution in [0.1, 0.15) is 12.8 Å². The summed E-state index contributed by atoms with van der Waals surface area (Å²) in [5.74, 6) is 2.40. The van der Waals surface area contributed by atoms with Crippen LogP contribution in [0, 0.1) is 0 Å². The Morgan fingerprint density at radius 1 is 0.960 bits per heavy atom. The highest BCUT2D eigenvalue weighted by atomic mass is 16.5. The zero-order chi connectivity index (χ0) is 18.2. The van der Waals surface area contributed by atoms with E-state index in [1.807, 2.05) is 24.3 Å². The molecule has 25 heavy (non-hydrogen) atoms. The number of nitrogens with one attached hydrogen (secondary N) is 2. The number of ether oxygens (including phenoxy) is 4. The molecule has 0 amide bonds. The van der Waals surface area contributed by atoms with Gasteiger partial charge in [-0.3, -0.25) is 4.99 Å². The highest BCUT2D eigenvalue weighted by Crippen LogP contribution is 2.18. The highest BCUT2D eigenvalue weighted by molar-refractivity contribution is 5.79. The Kier molecular flexibility index (Phi) is 12.1. The monoisotopic (exact) mass is 353 g/mol. The third-order valence-corrected chi connectivity index (χ3v) is 3.34. The predicted octanol–water partition coefficient (Wildman–Crippen LogP) is 1.68. The van der Waals surface area contributed by atoms with Crippen LogP contribution < -0.4 is 20.1 Å². The van der Waals surface area contributed by atoms with Crippen molar-refractivity contribution in [2.45, 2.75) is 12.8 Å². The fourth-order valence-corrected chi connectivity index (χ4v) is 2.01. The number of guanidine groups is 1. The molecule has 0 heterocycles. The molecular formula is C18H31N3O4. The van der Waals surface area contributed by atoms with Gasteiger partial charge in [-0.2, -0.15) is 0 Å². The number of methoxy groups -OCH3 is 2. The van der Waals surface area contributed by atoms with Gasteiger partial charge in [-0.1, -0.05) is 6.07 Å². The summed E-state index contributed by atoms with van der Waals surface area (Å²) in [6, 6.07) is 7.61. The van der Waals surface area contributed by atoms with E-state index in [9.17, 15) is 0 Å². The van der Waals surface area contributed by atoms with Crippen LogP contribution in [0.25, 0.3) is 0 Å². The third kappa shape index (κ3) is 10.5.